The second-order valence-electron chi connectivity index (χ2n) is 4.54. The molecule has 1 atom stereocenters. The van der Waals surface area contributed by atoms with E-state index in [1.165, 1.54) is 19.2 Å². The Morgan fingerprint density at radius 2 is 2.19 bits per heavy atom. The predicted molar refractivity (Wildman–Crippen MR) is 74.8 cm³/mol. The fourth-order valence-corrected chi connectivity index (χ4v) is 1.81. The highest BCUT2D eigenvalue weighted by Crippen LogP contribution is 2.21. The number of benzene rings is 1. The van der Waals surface area contributed by atoms with Crippen molar-refractivity contribution in [2.75, 3.05) is 12.4 Å². The average molecular weight is 293 g/mol. The van der Waals surface area contributed by atoms with Crippen LogP contribution in [0.25, 0.3) is 0 Å². The van der Waals surface area contributed by atoms with E-state index in [0.717, 1.165) is 0 Å². The topological polar surface area (TPSA) is 76.4 Å². The van der Waals surface area contributed by atoms with Gasteiger partial charge < -0.3 is 14.6 Å². The normalized spacial score (nSPS) is 11.8. The van der Waals surface area contributed by atoms with Crippen molar-refractivity contribution in [3.05, 3.63) is 41.4 Å². The van der Waals surface area contributed by atoms with Crippen LogP contribution in [0, 0.1) is 12.7 Å². The molecule has 0 bridgehead atoms. The SMILES string of the molecule is COc1ccc([C@H](C)NC(=O)Nc2cc(C)on2)cc1F. The summed E-state index contributed by atoms with van der Waals surface area (Å²) in [5.41, 5.74) is 0.625. The fraction of sp³-hybridized carbons (Fsp3) is 0.286. The van der Waals surface area contributed by atoms with E-state index < -0.39 is 11.8 Å². The Kier molecular flexibility index (Phi) is 4.42. The summed E-state index contributed by atoms with van der Waals surface area (Å²) < 4.78 is 23.3. The van der Waals surface area contributed by atoms with Crippen LogP contribution in [0.1, 0.15) is 24.3 Å². The number of nitrogens with one attached hydrogen (secondary N) is 2. The summed E-state index contributed by atoms with van der Waals surface area (Å²) in [5.74, 6) is 0.596. The Hall–Kier alpha value is -2.57. The van der Waals surface area contributed by atoms with Crippen molar-refractivity contribution in [3.63, 3.8) is 0 Å². The third-order valence-electron chi connectivity index (χ3n) is 2.89. The maximum Gasteiger partial charge on any atom is 0.320 e. The van der Waals surface area contributed by atoms with E-state index in [-0.39, 0.29) is 11.8 Å². The van der Waals surface area contributed by atoms with E-state index in [4.69, 9.17) is 9.26 Å². The third-order valence-corrected chi connectivity index (χ3v) is 2.89. The first-order valence-electron chi connectivity index (χ1n) is 6.34. The van der Waals surface area contributed by atoms with E-state index >= 15 is 0 Å². The minimum Gasteiger partial charge on any atom is -0.494 e. The van der Waals surface area contributed by atoms with Crippen molar-refractivity contribution in [1.29, 1.82) is 0 Å². The lowest BCUT2D eigenvalue weighted by Gasteiger charge is -2.15. The molecule has 0 aliphatic carbocycles. The number of carbonyl (C=O) groups is 1. The molecule has 21 heavy (non-hydrogen) atoms. The Morgan fingerprint density at radius 1 is 1.43 bits per heavy atom. The first-order valence-corrected chi connectivity index (χ1v) is 6.34. The number of carbonyl (C=O) groups excluding carboxylic acids is 1. The highest BCUT2D eigenvalue weighted by molar-refractivity contribution is 5.88. The third kappa shape index (κ3) is 3.71. The lowest BCUT2D eigenvalue weighted by molar-refractivity contribution is 0.249. The van der Waals surface area contributed by atoms with Crippen molar-refractivity contribution in [1.82, 2.24) is 10.5 Å². The Labute approximate surface area is 121 Å². The molecular formula is C14H16FN3O3. The van der Waals surface area contributed by atoms with Gasteiger partial charge in [0, 0.05) is 6.07 Å². The molecule has 0 aliphatic rings. The van der Waals surface area contributed by atoms with Crippen LogP contribution in [0.4, 0.5) is 15.0 Å². The Morgan fingerprint density at radius 3 is 2.76 bits per heavy atom. The number of urea groups is 1. The molecule has 0 spiro atoms. The Bertz CT molecular complexity index is 642. The zero-order valence-corrected chi connectivity index (χ0v) is 11.9. The van der Waals surface area contributed by atoms with Gasteiger partial charge in [-0.2, -0.15) is 0 Å². The van der Waals surface area contributed by atoms with Gasteiger partial charge in [0.25, 0.3) is 0 Å². The van der Waals surface area contributed by atoms with Crippen molar-refractivity contribution >= 4 is 11.8 Å². The summed E-state index contributed by atoms with van der Waals surface area (Å²) in [5, 5.41) is 8.86. The summed E-state index contributed by atoms with van der Waals surface area (Å²) in [6, 6.07) is 5.29. The molecule has 2 aromatic rings. The number of hydrogen-bond acceptors (Lipinski definition) is 4. The molecule has 2 amide bonds. The molecule has 1 heterocycles. The summed E-state index contributed by atoms with van der Waals surface area (Å²) in [6.45, 7) is 3.47. The van der Waals surface area contributed by atoms with Crippen molar-refractivity contribution in [2.45, 2.75) is 19.9 Å². The number of rotatable bonds is 4. The molecular weight excluding hydrogens is 277 g/mol. The van der Waals surface area contributed by atoms with Crippen molar-refractivity contribution in [2.24, 2.45) is 0 Å². The molecule has 0 fully saturated rings. The van der Waals surface area contributed by atoms with Crippen LogP contribution in [0.5, 0.6) is 5.75 Å². The second kappa shape index (κ2) is 6.25. The van der Waals surface area contributed by atoms with E-state index in [9.17, 15) is 9.18 Å². The van der Waals surface area contributed by atoms with Crippen molar-refractivity contribution < 1.29 is 18.4 Å². The van der Waals surface area contributed by atoms with E-state index in [1.807, 2.05) is 0 Å². The van der Waals surface area contributed by atoms with Gasteiger partial charge in [-0.25, -0.2) is 9.18 Å². The number of aromatic nitrogens is 1. The number of anilines is 1. The molecule has 7 heteroatoms. The molecule has 1 aromatic heterocycles. The van der Waals surface area contributed by atoms with Crippen LogP contribution < -0.4 is 15.4 Å². The molecule has 2 N–H and O–H groups in total. The van der Waals surface area contributed by atoms with Gasteiger partial charge in [-0.15, -0.1) is 0 Å². The van der Waals surface area contributed by atoms with Gasteiger partial charge >= 0.3 is 6.03 Å². The van der Waals surface area contributed by atoms with Gasteiger partial charge in [0.1, 0.15) is 5.76 Å². The number of nitrogens with zero attached hydrogens (tertiary/aromatic N) is 1. The number of halogens is 1. The Balaban J connectivity index is 1.98. The second-order valence-corrected chi connectivity index (χ2v) is 4.54. The summed E-state index contributed by atoms with van der Waals surface area (Å²) in [4.78, 5) is 11.8. The summed E-state index contributed by atoms with van der Waals surface area (Å²) >= 11 is 0. The number of ether oxygens (including phenoxy) is 1. The van der Waals surface area contributed by atoms with Crippen LogP contribution >= 0.6 is 0 Å². The maximum absolute atomic E-state index is 13.6. The monoisotopic (exact) mass is 293 g/mol. The van der Waals surface area contributed by atoms with Gasteiger partial charge in [-0.05, 0) is 31.5 Å². The lowest BCUT2D eigenvalue weighted by Crippen LogP contribution is -2.31. The van der Waals surface area contributed by atoms with Crippen LogP contribution in [0.15, 0.2) is 28.8 Å². The average Bonchev–Trinajstić information content (AvgIpc) is 2.83. The van der Waals surface area contributed by atoms with Gasteiger partial charge in [-0.1, -0.05) is 11.2 Å². The molecule has 0 aliphatic heterocycles. The minimum absolute atomic E-state index is 0.161. The first-order chi connectivity index (χ1) is 9.99. The molecule has 1 aromatic carbocycles. The molecule has 0 saturated carbocycles. The lowest BCUT2D eigenvalue weighted by atomic mass is 10.1. The molecule has 112 valence electrons. The van der Waals surface area contributed by atoms with E-state index in [0.29, 0.717) is 17.1 Å². The van der Waals surface area contributed by atoms with Gasteiger partial charge in [0.05, 0.1) is 13.2 Å². The molecule has 0 saturated heterocycles. The number of methoxy groups -OCH3 is 1. The fourth-order valence-electron chi connectivity index (χ4n) is 1.81. The quantitative estimate of drug-likeness (QED) is 0.908. The first kappa shape index (κ1) is 14.8. The highest BCUT2D eigenvalue weighted by Gasteiger charge is 2.13. The molecule has 6 nitrogen and oxygen atoms in total. The zero-order chi connectivity index (χ0) is 15.4. The number of aryl methyl sites for hydroxylation is 1. The molecule has 2 rings (SSSR count). The standard InChI is InChI=1S/C14H16FN3O3/c1-8-6-13(18-21-8)17-14(19)16-9(2)10-4-5-12(20-3)11(15)7-10/h4-7,9H,1-3H3,(H2,16,17,18,19)/t9-/m0/s1. The van der Waals surface area contributed by atoms with Crippen molar-refractivity contribution in [3.8, 4) is 5.75 Å². The van der Waals surface area contributed by atoms with E-state index in [1.54, 1.807) is 26.0 Å². The van der Waals surface area contributed by atoms with E-state index in [2.05, 4.69) is 15.8 Å². The summed E-state index contributed by atoms with van der Waals surface area (Å²) in [6.07, 6.45) is 0. The molecule has 0 radical (unpaired) electrons. The number of hydrogen-bond donors (Lipinski definition) is 2. The smallest absolute Gasteiger partial charge is 0.320 e. The van der Waals surface area contributed by atoms with Gasteiger partial charge in [0.15, 0.2) is 17.4 Å². The highest BCUT2D eigenvalue weighted by atomic mass is 19.1. The minimum atomic E-state index is -0.476. The largest absolute Gasteiger partial charge is 0.494 e. The zero-order valence-electron chi connectivity index (χ0n) is 11.9. The predicted octanol–water partition coefficient (Wildman–Crippen LogP) is 3.01. The van der Waals surface area contributed by atoms with Crippen LogP contribution in [0.2, 0.25) is 0 Å². The molecule has 0 unspecified atom stereocenters. The van der Waals surface area contributed by atoms with Crippen LogP contribution in [-0.4, -0.2) is 18.3 Å². The van der Waals surface area contributed by atoms with Gasteiger partial charge in [0.2, 0.25) is 0 Å². The van der Waals surface area contributed by atoms with Crippen LogP contribution in [0.3, 0.4) is 0 Å². The maximum atomic E-state index is 13.6. The van der Waals surface area contributed by atoms with Gasteiger partial charge in [-0.3, -0.25) is 5.32 Å². The summed E-state index contributed by atoms with van der Waals surface area (Å²) in [7, 11) is 1.40. The van der Waals surface area contributed by atoms with Crippen LogP contribution in [-0.2, 0) is 0 Å². The number of amides is 2.